The van der Waals surface area contributed by atoms with E-state index < -0.39 is 12.1 Å². The fraction of sp³-hybridized carbons (Fsp3) is 0.750. The molecular formula is C44H79NO3. The van der Waals surface area contributed by atoms with E-state index in [-0.39, 0.29) is 12.5 Å². The lowest BCUT2D eigenvalue weighted by atomic mass is 10.0. The van der Waals surface area contributed by atoms with Gasteiger partial charge in [0.25, 0.3) is 0 Å². The Bertz CT molecular complexity index is 812. The van der Waals surface area contributed by atoms with Crippen LogP contribution in [0.3, 0.4) is 0 Å². The molecule has 3 N–H and O–H groups in total. The lowest BCUT2D eigenvalue weighted by Crippen LogP contribution is -2.45. The van der Waals surface area contributed by atoms with E-state index in [1.54, 1.807) is 6.08 Å². The Labute approximate surface area is 298 Å². The number of carbonyl (C=O) groups is 1. The molecule has 278 valence electrons. The van der Waals surface area contributed by atoms with E-state index in [4.69, 9.17) is 0 Å². The number of unbranched alkanes of at least 4 members (excludes halogenated alkanes) is 21. The average Bonchev–Trinajstić information content (AvgIpc) is 3.09. The Morgan fingerprint density at radius 1 is 0.500 bits per heavy atom. The van der Waals surface area contributed by atoms with Crippen molar-refractivity contribution in [3.05, 3.63) is 60.8 Å². The molecule has 0 spiro atoms. The number of nitrogens with one attached hydrogen (secondary N) is 1. The van der Waals surface area contributed by atoms with Gasteiger partial charge in [0, 0.05) is 6.42 Å². The second-order valence-corrected chi connectivity index (χ2v) is 13.7. The van der Waals surface area contributed by atoms with Gasteiger partial charge >= 0.3 is 0 Å². The van der Waals surface area contributed by atoms with Crippen LogP contribution in [-0.2, 0) is 4.79 Å². The Balaban J connectivity index is 3.72. The van der Waals surface area contributed by atoms with Crippen molar-refractivity contribution in [2.45, 2.75) is 206 Å². The third-order valence-corrected chi connectivity index (χ3v) is 8.96. The first-order chi connectivity index (χ1) is 23.7. The highest BCUT2D eigenvalue weighted by Crippen LogP contribution is 2.13. The van der Waals surface area contributed by atoms with Gasteiger partial charge in [-0.2, -0.15) is 0 Å². The summed E-state index contributed by atoms with van der Waals surface area (Å²) in [6.07, 6.45) is 54.8. The molecule has 0 aliphatic heterocycles. The van der Waals surface area contributed by atoms with E-state index in [1.165, 1.54) is 128 Å². The molecule has 1 amide bonds. The van der Waals surface area contributed by atoms with Gasteiger partial charge in [-0.3, -0.25) is 4.79 Å². The topological polar surface area (TPSA) is 69.6 Å². The number of allylic oxidation sites excluding steroid dienone is 9. The molecule has 0 aliphatic carbocycles. The summed E-state index contributed by atoms with van der Waals surface area (Å²) in [5.74, 6) is -0.147. The smallest absolute Gasteiger partial charge is 0.220 e. The third kappa shape index (κ3) is 35.4. The summed E-state index contributed by atoms with van der Waals surface area (Å²) in [4.78, 5) is 12.3. The van der Waals surface area contributed by atoms with Crippen LogP contribution < -0.4 is 5.32 Å². The number of aliphatic hydroxyl groups excluding tert-OH is 2. The maximum atomic E-state index is 12.3. The minimum Gasteiger partial charge on any atom is -0.394 e. The van der Waals surface area contributed by atoms with Gasteiger partial charge in [0.05, 0.1) is 18.8 Å². The van der Waals surface area contributed by atoms with E-state index in [9.17, 15) is 15.0 Å². The number of hydrogen-bond acceptors (Lipinski definition) is 3. The van der Waals surface area contributed by atoms with Gasteiger partial charge in [0.2, 0.25) is 5.91 Å². The first kappa shape index (κ1) is 46.1. The van der Waals surface area contributed by atoms with Gasteiger partial charge in [-0.05, 0) is 64.2 Å². The standard InChI is InChI=1S/C44H79NO3/c1-3-5-7-9-11-13-15-17-18-19-20-21-22-23-24-25-26-28-29-31-33-35-37-39-43(47)42(41-46)45-44(48)40-38-36-34-32-30-27-16-14-12-10-8-6-4-2/h24-25,27,29-31,34,36-37,39,42-43,46-47H,3-23,26,28,32-33,35,38,40-41H2,1-2H3,(H,45,48)/b25-24+,30-27-,31-29+,36-34-,39-37+. The lowest BCUT2D eigenvalue weighted by Gasteiger charge is -2.19. The molecule has 0 aromatic carbocycles. The number of hydrogen-bond donors (Lipinski definition) is 3. The fourth-order valence-corrected chi connectivity index (χ4v) is 5.79. The maximum absolute atomic E-state index is 12.3. The molecule has 0 bridgehead atoms. The first-order valence-corrected chi connectivity index (χ1v) is 20.5. The quantitative estimate of drug-likeness (QED) is 0.0459. The van der Waals surface area contributed by atoms with Crippen molar-refractivity contribution >= 4 is 5.91 Å². The Morgan fingerprint density at radius 3 is 1.33 bits per heavy atom. The molecular weight excluding hydrogens is 590 g/mol. The highest BCUT2D eigenvalue weighted by molar-refractivity contribution is 5.76. The molecule has 0 heterocycles. The highest BCUT2D eigenvalue weighted by atomic mass is 16.3. The number of carbonyl (C=O) groups excluding carboxylic acids is 1. The summed E-state index contributed by atoms with van der Waals surface area (Å²) in [5.41, 5.74) is 0. The van der Waals surface area contributed by atoms with E-state index in [2.05, 4.69) is 61.7 Å². The summed E-state index contributed by atoms with van der Waals surface area (Å²) in [5, 5.41) is 22.8. The molecule has 0 saturated carbocycles. The van der Waals surface area contributed by atoms with Crippen molar-refractivity contribution in [2.75, 3.05) is 6.61 Å². The maximum Gasteiger partial charge on any atom is 0.220 e. The zero-order chi connectivity index (χ0) is 35.0. The third-order valence-electron chi connectivity index (χ3n) is 8.96. The van der Waals surface area contributed by atoms with Crippen molar-refractivity contribution in [1.82, 2.24) is 5.32 Å². The molecule has 0 fully saturated rings. The van der Waals surface area contributed by atoms with Crippen molar-refractivity contribution < 1.29 is 15.0 Å². The van der Waals surface area contributed by atoms with Gasteiger partial charge < -0.3 is 15.5 Å². The van der Waals surface area contributed by atoms with Crippen LogP contribution in [0.2, 0.25) is 0 Å². The van der Waals surface area contributed by atoms with Crippen LogP contribution in [0.25, 0.3) is 0 Å². The largest absolute Gasteiger partial charge is 0.394 e. The van der Waals surface area contributed by atoms with Crippen LogP contribution in [0.5, 0.6) is 0 Å². The molecule has 0 saturated heterocycles. The molecule has 0 aromatic rings. The van der Waals surface area contributed by atoms with E-state index in [0.29, 0.717) is 12.8 Å². The van der Waals surface area contributed by atoms with Crippen molar-refractivity contribution in [3.8, 4) is 0 Å². The van der Waals surface area contributed by atoms with Gasteiger partial charge in [-0.1, -0.05) is 184 Å². The van der Waals surface area contributed by atoms with E-state index >= 15 is 0 Å². The van der Waals surface area contributed by atoms with Crippen molar-refractivity contribution in [3.63, 3.8) is 0 Å². The zero-order valence-corrected chi connectivity index (χ0v) is 31.7. The number of rotatable bonds is 36. The molecule has 48 heavy (non-hydrogen) atoms. The van der Waals surface area contributed by atoms with Crippen LogP contribution in [0.1, 0.15) is 194 Å². The molecule has 2 atom stereocenters. The highest BCUT2D eigenvalue weighted by Gasteiger charge is 2.17. The summed E-state index contributed by atoms with van der Waals surface area (Å²) in [6.45, 7) is 4.25. The van der Waals surface area contributed by atoms with Gasteiger partial charge in [0.1, 0.15) is 0 Å². The van der Waals surface area contributed by atoms with Gasteiger partial charge in [-0.25, -0.2) is 0 Å². The molecule has 0 rings (SSSR count). The second-order valence-electron chi connectivity index (χ2n) is 13.7. The zero-order valence-electron chi connectivity index (χ0n) is 31.7. The Hall–Kier alpha value is -1.91. The number of aliphatic hydroxyl groups is 2. The van der Waals surface area contributed by atoms with Gasteiger partial charge in [0.15, 0.2) is 0 Å². The summed E-state index contributed by atoms with van der Waals surface area (Å²) in [6, 6.07) is -0.676. The van der Waals surface area contributed by atoms with Crippen molar-refractivity contribution in [1.29, 1.82) is 0 Å². The van der Waals surface area contributed by atoms with E-state index in [1.807, 2.05) is 12.2 Å². The van der Waals surface area contributed by atoms with Crippen molar-refractivity contribution in [2.24, 2.45) is 0 Å². The fourth-order valence-electron chi connectivity index (χ4n) is 5.79. The minimum atomic E-state index is -0.893. The minimum absolute atomic E-state index is 0.147. The van der Waals surface area contributed by atoms with Crippen LogP contribution in [0, 0.1) is 0 Å². The lowest BCUT2D eigenvalue weighted by molar-refractivity contribution is -0.122. The van der Waals surface area contributed by atoms with E-state index in [0.717, 1.165) is 38.5 Å². The van der Waals surface area contributed by atoms with Gasteiger partial charge in [-0.15, -0.1) is 0 Å². The Kier molecular flexibility index (Phi) is 38.0. The number of amides is 1. The SMILES string of the molecule is CCCCCCCC/C=C\C/C=C\CCC(=O)NC(CO)C(O)/C=C/CC/C=C/CC/C=C/CCCCCCCCCCCCCCC. The normalized spacial score (nSPS) is 13.7. The van der Waals surface area contributed by atoms with Crippen LogP contribution in [-0.4, -0.2) is 34.9 Å². The predicted molar refractivity (Wildman–Crippen MR) is 211 cm³/mol. The second kappa shape index (κ2) is 39.5. The van der Waals surface area contributed by atoms with Crippen LogP contribution >= 0.6 is 0 Å². The van der Waals surface area contributed by atoms with Crippen LogP contribution in [0.4, 0.5) is 0 Å². The molecule has 2 unspecified atom stereocenters. The molecule has 4 nitrogen and oxygen atoms in total. The first-order valence-electron chi connectivity index (χ1n) is 20.5. The predicted octanol–water partition coefficient (Wildman–Crippen LogP) is 12.6. The molecule has 0 aromatic heterocycles. The summed E-state index contributed by atoms with van der Waals surface area (Å²) >= 11 is 0. The van der Waals surface area contributed by atoms with Crippen LogP contribution in [0.15, 0.2) is 60.8 Å². The molecule has 4 heteroatoms. The molecule has 0 aliphatic rings. The monoisotopic (exact) mass is 670 g/mol. The summed E-state index contributed by atoms with van der Waals surface area (Å²) in [7, 11) is 0. The summed E-state index contributed by atoms with van der Waals surface area (Å²) < 4.78 is 0. The average molecular weight is 670 g/mol. The molecule has 0 radical (unpaired) electrons. The Morgan fingerprint density at radius 2 is 0.875 bits per heavy atom.